The molecular weight excluding hydrogens is 238 g/mol. The van der Waals surface area contributed by atoms with Gasteiger partial charge in [0.1, 0.15) is 0 Å². The summed E-state index contributed by atoms with van der Waals surface area (Å²) in [6, 6.07) is 1.47. The highest BCUT2D eigenvalue weighted by Crippen LogP contribution is 2.27. The zero-order valence-electron chi connectivity index (χ0n) is 11.9. The third-order valence-corrected chi connectivity index (χ3v) is 5.11. The summed E-state index contributed by atoms with van der Waals surface area (Å²) in [5.41, 5.74) is 0. The molecule has 4 nitrogen and oxygen atoms in total. The van der Waals surface area contributed by atoms with E-state index in [0.717, 1.165) is 19.3 Å². The number of amides is 2. The summed E-state index contributed by atoms with van der Waals surface area (Å²) in [6.45, 7) is 2.39. The Bertz CT molecular complexity index is 315. The molecule has 2 amide bonds. The van der Waals surface area contributed by atoms with Crippen LogP contribution in [0.25, 0.3) is 0 Å². The molecule has 108 valence electrons. The Hall–Kier alpha value is -0.770. The lowest BCUT2D eigenvalue weighted by Gasteiger charge is -2.33. The molecule has 4 heteroatoms. The first-order valence-electron chi connectivity index (χ1n) is 8.14. The van der Waals surface area contributed by atoms with E-state index in [2.05, 4.69) is 15.5 Å². The summed E-state index contributed by atoms with van der Waals surface area (Å²) in [5, 5.41) is 6.41. The van der Waals surface area contributed by atoms with E-state index in [1.54, 1.807) is 0 Å². The van der Waals surface area contributed by atoms with Crippen LogP contribution in [0.3, 0.4) is 0 Å². The van der Waals surface area contributed by atoms with E-state index in [0.29, 0.717) is 18.1 Å². The monoisotopic (exact) mass is 265 g/mol. The molecular formula is C15H27N3O. The van der Waals surface area contributed by atoms with Crippen molar-refractivity contribution < 1.29 is 4.79 Å². The van der Waals surface area contributed by atoms with Crippen molar-refractivity contribution in [2.75, 3.05) is 13.1 Å². The minimum atomic E-state index is 0.0734. The van der Waals surface area contributed by atoms with E-state index in [-0.39, 0.29) is 6.03 Å². The predicted molar refractivity (Wildman–Crippen MR) is 76.2 cm³/mol. The zero-order chi connectivity index (χ0) is 13.1. The van der Waals surface area contributed by atoms with Gasteiger partial charge in [-0.1, -0.05) is 25.7 Å². The van der Waals surface area contributed by atoms with E-state index in [1.807, 2.05) is 0 Å². The fourth-order valence-electron chi connectivity index (χ4n) is 4.06. The second-order valence-corrected chi connectivity index (χ2v) is 6.45. The largest absolute Gasteiger partial charge is 0.335 e. The van der Waals surface area contributed by atoms with Gasteiger partial charge in [0, 0.05) is 24.7 Å². The van der Waals surface area contributed by atoms with Crippen LogP contribution in [0, 0.1) is 0 Å². The van der Waals surface area contributed by atoms with Crippen LogP contribution in [0.2, 0.25) is 0 Å². The maximum Gasteiger partial charge on any atom is 0.315 e. The van der Waals surface area contributed by atoms with Gasteiger partial charge in [0.2, 0.25) is 0 Å². The molecule has 2 atom stereocenters. The second kappa shape index (κ2) is 6.12. The molecule has 0 aromatic rings. The van der Waals surface area contributed by atoms with Gasteiger partial charge in [-0.25, -0.2) is 4.79 Å². The Morgan fingerprint density at radius 3 is 2.47 bits per heavy atom. The van der Waals surface area contributed by atoms with Gasteiger partial charge < -0.3 is 10.6 Å². The van der Waals surface area contributed by atoms with Crippen molar-refractivity contribution in [1.82, 2.24) is 15.5 Å². The highest BCUT2D eigenvalue weighted by atomic mass is 16.2. The normalized spacial score (nSPS) is 32.8. The summed E-state index contributed by atoms with van der Waals surface area (Å²) >= 11 is 0. The standard InChI is InChI=1S/C15H27N3O/c19-15(16-12-6-2-1-3-7-12)17-13-9-11-18-10-5-4-8-14(13)18/h12-14H,1-11H2,(H2,16,17,19). The first-order valence-corrected chi connectivity index (χ1v) is 8.14. The van der Waals surface area contributed by atoms with Gasteiger partial charge in [0.05, 0.1) is 0 Å². The number of carbonyl (C=O) groups is 1. The lowest BCUT2D eigenvalue weighted by Crippen LogP contribution is -2.51. The number of nitrogens with one attached hydrogen (secondary N) is 2. The van der Waals surface area contributed by atoms with Crippen molar-refractivity contribution in [2.45, 2.75) is 75.9 Å². The Labute approximate surface area is 116 Å². The van der Waals surface area contributed by atoms with Gasteiger partial charge in [-0.2, -0.15) is 0 Å². The van der Waals surface area contributed by atoms with E-state index in [4.69, 9.17) is 0 Å². The minimum absolute atomic E-state index is 0.0734. The molecule has 0 aromatic heterocycles. The summed E-state index contributed by atoms with van der Waals surface area (Å²) in [5.74, 6) is 0. The van der Waals surface area contributed by atoms with Crippen molar-refractivity contribution in [2.24, 2.45) is 0 Å². The molecule has 1 aliphatic carbocycles. The smallest absolute Gasteiger partial charge is 0.315 e. The SMILES string of the molecule is O=C(NC1CCCCC1)NC1CCN2CCCCC12. The molecule has 2 aliphatic heterocycles. The Balaban J connectivity index is 1.46. The molecule has 0 bridgehead atoms. The van der Waals surface area contributed by atoms with Crippen LogP contribution in [0.15, 0.2) is 0 Å². The molecule has 2 saturated heterocycles. The van der Waals surface area contributed by atoms with Gasteiger partial charge in [-0.3, -0.25) is 4.90 Å². The van der Waals surface area contributed by atoms with Crippen LogP contribution < -0.4 is 10.6 Å². The fraction of sp³-hybridized carbons (Fsp3) is 0.933. The van der Waals surface area contributed by atoms with Crippen LogP contribution in [0.5, 0.6) is 0 Å². The molecule has 19 heavy (non-hydrogen) atoms. The lowest BCUT2D eigenvalue weighted by atomic mass is 9.95. The number of nitrogens with zero attached hydrogens (tertiary/aromatic N) is 1. The summed E-state index contributed by atoms with van der Waals surface area (Å²) < 4.78 is 0. The molecule has 1 saturated carbocycles. The van der Waals surface area contributed by atoms with Crippen LogP contribution in [0.4, 0.5) is 4.79 Å². The summed E-state index contributed by atoms with van der Waals surface area (Å²) in [4.78, 5) is 14.7. The Kier molecular flexibility index (Phi) is 4.26. The predicted octanol–water partition coefficient (Wildman–Crippen LogP) is 2.25. The average molecular weight is 265 g/mol. The van der Waals surface area contributed by atoms with Crippen LogP contribution >= 0.6 is 0 Å². The van der Waals surface area contributed by atoms with E-state index >= 15 is 0 Å². The van der Waals surface area contributed by atoms with E-state index in [1.165, 1.54) is 51.6 Å². The van der Waals surface area contributed by atoms with E-state index in [9.17, 15) is 4.79 Å². The zero-order valence-corrected chi connectivity index (χ0v) is 11.9. The average Bonchev–Trinajstić information content (AvgIpc) is 2.83. The Morgan fingerprint density at radius 2 is 1.63 bits per heavy atom. The van der Waals surface area contributed by atoms with Crippen molar-refractivity contribution in [3.8, 4) is 0 Å². The molecule has 2 heterocycles. The maximum absolute atomic E-state index is 12.1. The van der Waals surface area contributed by atoms with Gasteiger partial charge in [-0.15, -0.1) is 0 Å². The summed E-state index contributed by atoms with van der Waals surface area (Å²) in [7, 11) is 0. The third kappa shape index (κ3) is 3.22. The second-order valence-electron chi connectivity index (χ2n) is 6.45. The van der Waals surface area contributed by atoms with Gasteiger partial charge in [0.25, 0.3) is 0 Å². The van der Waals surface area contributed by atoms with Crippen molar-refractivity contribution in [3.63, 3.8) is 0 Å². The molecule has 0 radical (unpaired) electrons. The molecule has 3 aliphatic rings. The minimum Gasteiger partial charge on any atom is -0.335 e. The van der Waals surface area contributed by atoms with Gasteiger partial charge in [0.15, 0.2) is 0 Å². The molecule has 2 N–H and O–H groups in total. The van der Waals surface area contributed by atoms with Crippen molar-refractivity contribution in [1.29, 1.82) is 0 Å². The first kappa shape index (κ1) is 13.2. The number of carbonyl (C=O) groups excluding carboxylic acids is 1. The number of piperidine rings is 1. The number of hydrogen-bond donors (Lipinski definition) is 2. The van der Waals surface area contributed by atoms with Crippen molar-refractivity contribution >= 4 is 6.03 Å². The number of rotatable bonds is 2. The van der Waals surface area contributed by atoms with Gasteiger partial charge >= 0.3 is 6.03 Å². The Morgan fingerprint density at radius 1 is 0.842 bits per heavy atom. The summed E-state index contributed by atoms with van der Waals surface area (Å²) in [6.07, 6.45) is 11.2. The van der Waals surface area contributed by atoms with Crippen molar-refractivity contribution in [3.05, 3.63) is 0 Å². The van der Waals surface area contributed by atoms with Gasteiger partial charge in [-0.05, 0) is 38.6 Å². The fourth-order valence-corrected chi connectivity index (χ4v) is 4.06. The highest BCUT2D eigenvalue weighted by Gasteiger charge is 2.36. The van der Waals surface area contributed by atoms with Crippen LogP contribution in [-0.2, 0) is 0 Å². The van der Waals surface area contributed by atoms with Crippen LogP contribution in [-0.4, -0.2) is 42.1 Å². The topological polar surface area (TPSA) is 44.4 Å². The third-order valence-electron chi connectivity index (χ3n) is 5.11. The van der Waals surface area contributed by atoms with Crippen LogP contribution in [0.1, 0.15) is 57.8 Å². The van der Waals surface area contributed by atoms with E-state index < -0.39 is 0 Å². The molecule has 0 spiro atoms. The molecule has 3 fully saturated rings. The lowest BCUT2D eigenvalue weighted by molar-refractivity contribution is 0.178. The first-order chi connectivity index (χ1) is 9.33. The molecule has 2 unspecified atom stereocenters. The number of hydrogen-bond acceptors (Lipinski definition) is 2. The number of fused-ring (bicyclic) bond motifs is 1. The molecule has 0 aromatic carbocycles. The quantitative estimate of drug-likeness (QED) is 0.804. The maximum atomic E-state index is 12.1. The number of urea groups is 1. The highest BCUT2D eigenvalue weighted by molar-refractivity contribution is 5.74. The molecule has 3 rings (SSSR count).